The van der Waals surface area contributed by atoms with Crippen molar-refractivity contribution in [2.75, 3.05) is 6.61 Å². The van der Waals surface area contributed by atoms with E-state index in [1.54, 1.807) is 0 Å². The van der Waals surface area contributed by atoms with Crippen LogP contribution in [-0.2, 0) is 11.3 Å². The van der Waals surface area contributed by atoms with E-state index < -0.39 is 0 Å². The van der Waals surface area contributed by atoms with Gasteiger partial charge in [0.1, 0.15) is 0 Å². The second kappa shape index (κ2) is 5.07. The highest BCUT2D eigenvalue weighted by Crippen LogP contribution is 2.23. The first kappa shape index (κ1) is 11.1. The predicted octanol–water partition coefficient (Wildman–Crippen LogP) is 2.30. The van der Waals surface area contributed by atoms with Crippen LogP contribution >= 0.6 is 15.9 Å². The van der Waals surface area contributed by atoms with Crippen molar-refractivity contribution in [1.82, 2.24) is 15.0 Å². The molecule has 0 radical (unpaired) electrons. The molecule has 1 aromatic heterocycles. The minimum Gasteiger partial charge on any atom is -0.376 e. The van der Waals surface area contributed by atoms with E-state index in [9.17, 15) is 0 Å². The van der Waals surface area contributed by atoms with Gasteiger partial charge in [-0.05, 0) is 19.3 Å². The molecule has 15 heavy (non-hydrogen) atoms. The van der Waals surface area contributed by atoms with E-state index in [2.05, 4.69) is 33.2 Å². The second-order valence-corrected chi connectivity index (χ2v) is 4.98. The largest absolute Gasteiger partial charge is 0.376 e. The molecule has 0 N–H and O–H groups in total. The van der Waals surface area contributed by atoms with Gasteiger partial charge in [0, 0.05) is 12.8 Å². The fourth-order valence-corrected chi connectivity index (χ4v) is 1.96. The average molecular weight is 274 g/mol. The Morgan fingerprint density at radius 3 is 3.27 bits per heavy atom. The van der Waals surface area contributed by atoms with Gasteiger partial charge in [-0.15, -0.1) is 5.10 Å². The molecule has 5 heteroatoms. The first-order chi connectivity index (χ1) is 7.29. The SMILES string of the molecule is CCC(Br)c1cn(CC2CCCO2)nn1. The van der Waals surface area contributed by atoms with Crippen molar-refractivity contribution in [1.29, 1.82) is 0 Å². The molecule has 2 unspecified atom stereocenters. The summed E-state index contributed by atoms with van der Waals surface area (Å²) in [6.07, 6.45) is 5.67. The van der Waals surface area contributed by atoms with Gasteiger partial charge in [-0.25, -0.2) is 4.68 Å². The smallest absolute Gasteiger partial charge is 0.0963 e. The van der Waals surface area contributed by atoms with Gasteiger partial charge in [0.2, 0.25) is 0 Å². The Hall–Kier alpha value is -0.420. The maximum Gasteiger partial charge on any atom is 0.0963 e. The summed E-state index contributed by atoms with van der Waals surface area (Å²) < 4.78 is 7.44. The molecule has 1 aromatic rings. The van der Waals surface area contributed by atoms with Gasteiger partial charge in [0.15, 0.2) is 0 Å². The Morgan fingerprint density at radius 1 is 1.73 bits per heavy atom. The number of alkyl halides is 1. The predicted molar refractivity (Wildman–Crippen MR) is 61.0 cm³/mol. The average Bonchev–Trinajstić information content (AvgIpc) is 2.88. The maximum atomic E-state index is 5.55. The molecule has 1 aliphatic rings. The van der Waals surface area contributed by atoms with E-state index in [4.69, 9.17) is 4.74 Å². The number of hydrogen-bond acceptors (Lipinski definition) is 3. The lowest BCUT2D eigenvalue weighted by molar-refractivity contribution is 0.0935. The van der Waals surface area contributed by atoms with Crippen LogP contribution in [0.5, 0.6) is 0 Å². The summed E-state index contributed by atoms with van der Waals surface area (Å²) in [7, 11) is 0. The normalized spacial score (nSPS) is 23.2. The molecule has 0 saturated carbocycles. The quantitative estimate of drug-likeness (QED) is 0.791. The highest BCUT2D eigenvalue weighted by atomic mass is 79.9. The Labute approximate surface area is 98.1 Å². The molecular weight excluding hydrogens is 258 g/mol. The van der Waals surface area contributed by atoms with Crippen molar-refractivity contribution < 1.29 is 4.74 Å². The molecule has 0 spiro atoms. The van der Waals surface area contributed by atoms with E-state index in [1.807, 2.05) is 10.9 Å². The van der Waals surface area contributed by atoms with Crippen LogP contribution in [0.25, 0.3) is 0 Å². The topological polar surface area (TPSA) is 39.9 Å². The molecule has 1 fully saturated rings. The standard InChI is InChI=1S/C10H16BrN3O/c1-2-9(11)10-7-14(13-12-10)6-8-4-3-5-15-8/h7-9H,2-6H2,1H3. The maximum absolute atomic E-state index is 5.55. The van der Waals surface area contributed by atoms with Crippen LogP contribution in [0.2, 0.25) is 0 Å². The zero-order chi connectivity index (χ0) is 10.7. The minimum absolute atomic E-state index is 0.316. The molecule has 1 saturated heterocycles. The lowest BCUT2D eigenvalue weighted by atomic mass is 10.2. The molecule has 0 amide bonds. The van der Waals surface area contributed by atoms with E-state index >= 15 is 0 Å². The number of rotatable bonds is 4. The van der Waals surface area contributed by atoms with Crippen LogP contribution in [0.4, 0.5) is 0 Å². The number of halogens is 1. The summed E-state index contributed by atoms with van der Waals surface area (Å²) in [5.74, 6) is 0. The van der Waals surface area contributed by atoms with Crippen molar-refractivity contribution in [2.45, 2.75) is 43.7 Å². The molecule has 84 valence electrons. The van der Waals surface area contributed by atoms with Crippen molar-refractivity contribution in [3.8, 4) is 0 Å². The third-order valence-corrected chi connectivity index (χ3v) is 3.77. The molecule has 2 rings (SSSR count). The lowest BCUT2D eigenvalue weighted by Crippen LogP contribution is -2.15. The molecule has 2 heterocycles. The van der Waals surface area contributed by atoms with E-state index in [0.29, 0.717) is 10.9 Å². The number of ether oxygens (including phenoxy) is 1. The van der Waals surface area contributed by atoms with Crippen molar-refractivity contribution >= 4 is 15.9 Å². The molecular formula is C10H16BrN3O. The Bertz CT molecular complexity index is 309. The highest BCUT2D eigenvalue weighted by molar-refractivity contribution is 9.09. The van der Waals surface area contributed by atoms with Gasteiger partial charge < -0.3 is 4.74 Å². The minimum atomic E-state index is 0.316. The fourth-order valence-electron chi connectivity index (χ4n) is 1.75. The summed E-state index contributed by atoms with van der Waals surface area (Å²) in [4.78, 5) is 0.316. The molecule has 1 aliphatic heterocycles. The van der Waals surface area contributed by atoms with Gasteiger partial charge in [-0.2, -0.15) is 0 Å². The zero-order valence-corrected chi connectivity index (χ0v) is 10.5. The van der Waals surface area contributed by atoms with Gasteiger partial charge in [0.05, 0.1) is 23.2 Å². The van der Waals surface area contributed by atoms with Gasteiger partial charge in [0.25, 0.3) is 0 Å². The second-order valence-electron chi connectivity index (χ2n) is 3.88. The summed E-state index contributed by atoms with van der Waals surface area (Å²) in [5.41, 5.74) is 1.01. The van der Waals surface area contributed by atoms with Crippen LogP contribution in [0, 0.1) is 0 Å². The zero-order valence-electron chi connectivity index (χ0n) is 8.90. The van der Waals surface area contributed by atoms with Crippen LogP contribution in [0.3, 0.4) is 0 Å². The van der Waals surface area contributed by atoms with E-state index in [0.717, 1.165) is 31.7 Å². The Kier molecular flexibility index (Phi) is 3.75. The van der Waals surface area contributed by atoms with Crippen LogP contribution in [-0.4, -0.2) is 27.7 Å². The third-order valence-electron chi connectivity index (χ3n) is 2.65. The third kappa shape index (κ3) is 2.78. The molecule has 2 atom stereocenters. The van der Waals surface area contributed by atoms with E-state index in [-0.39, 0.29) is 0 Å². The molecule has 0 aromatic carbocycles. The monoisotopic (exact) mass is 273 g/mol. The summed E-state index contributed by atoms with van der Waals surface area (Å²) in [5, 5.41) is 8.24. The molecule has 4 nitrogen and oxygen atoms in total. The van der Waals surface area contributed by atoms with Crippen molar-refractivity contribution in [3.63, 3.8) is 0 Å². The van der Waals surface area contributed by atoms with Crippen LogP contribution in [0.15, 0.2) is 6.20 Å². The van der Waals surface area contributed by atoms with Gasteiger partial charge in [-0.3, -0.25) is 0 Å². The highest BCUT2D eigenvalue weighted by Gasteiger charge is 2.17. The number of nitrogens with zero attached hydrogens (tertiary/aromatic N) is 3. The summed E-state index contributed by atoms with van der Waals surface area (Å²) in [6, 6.07) is 0. The summed E-state index contributed by atoms with van der Waals surface area (Å²) >= 11 is 3.56. The van der Waals surface area contributed by atoms with E-state index in [1.165, 1.54) is 6.42 Å². The first-order valence-corrected chi connectivity index (χ1v) is 6.37. The number of hydrogen-bond donors (Lipinski definition) is 0. The Morgan fingerprint density at radius 2 is 2.60 bits per heavy atom. The fraction of sp³-hybridized carbons (Fsp3) is 0.800. The summed E-state index contributed by atoms with van der Waals surface area (Å²) in [6.45, 7) is 3.84. The first-order valence-electron chi connectivity index (χ1n) is 5.45. The van der Waals surface area contributed by atoms with Gasteiger partial charge in [-0.1, -0.05) is 28.1 Å². The van der Waals surface area contributed by atoms with Crippen LogP contribution < -0.4 is 0 Å². The van der Waals surface area contributed by atoms with Crippen molar-refractivity contribution in [2.24, 2.45) is 0 Å². The number of aromatic nitrogens is 3. The van der Waals surface area contributed by atoms with Gasteiger partial charge >= 0.3 is 0 Å². The Balaban J connectivity index is 1.94. The van der Waals surface area contributed by atoms with Crippen LogP contribution in [0.1, 0.15) is 36.7 Å². The lowest BCUT2D eigenvalue weighted by Gasteiger charge is -2.07. The molecule has 0 aliphatic carbocycles. The van der Waals surface area contributed by atoms with Crippen molar-refractivity contribution in [3.05, 3.63) is 11.9 Å². The molecule has 0 bridgehead atoms.